The van der Waals surface area contributed by atoms with Gasteiger partial charge in [0.2, 0.25) is 0 Å². The predicted molar refractivity (Wildman–Crippen MR) is 70.7 cm³/mol. The first-order valence-electron chi connectivity index (χ1n) is 5.38. The first kappa shape index (κ1) is 12.5. The molecule has 0 aliphatic heterocycles. The number of carbonyl (C=O) groups excluding carboxylic acids is 1. The average Bonchev–Trinajstić information content (AvgIpc) is 2.72. The number of anilines is 1. The van der Waals surface area contributed by atoms with Crippen molar-refractivity contribution >= 4 is 23.3 Å². The number of methoxy groups -OCH3 is 1. The molecule has 0 aliphatic rings. The van der Waals surface area contributed by atoms with Gasteiger partial charge in [0.1, 0.15) is 5.69 Å². The molecule has 2 N–H and O–H groups in total. The summed E-state index contributed by atoms with van der Waals surface area (Å²) >= 11 is 5.82. The molecule has 0 unspecified atom stereocenters. The van der Waals surface area contributed by atoms with E-state index < -0.39 is 5.97 Å². The lowest BCUT2D eigenvalue weighted by Gasteiger charge is -2.07. The minimum atomic E-state index is -0.402. The molecule has 0 fully saturated rings. The van der Waals surface area contributed by atoms with E-state index in [0.717, 1.165) is 5.56 Å². The third kappa shape index (κ3) is 2.65. The molecule has 2 rings (SSSR count). The fourth-order valence-electron chi connectivity index (χ4n) is 1.73. The Morgan fingerprint density at radius 3 is 2.67 bits per heavy atom. The van der Waals surface area contributed by atoms with Gasteiger partial charge >= 0.3 is 5.97 Å². The first-order valence-corrected chi connectivity index (χ1v) is 5.76. The second-order valence-corrected chi connectivity index (χ2v) is 4.34. The molecule has 0 bridgehead atoms. The monoisotopic (exact) mass is 264 g/mol. The van der Waals surface area contributed by atoms with E-state index in [4.69, 9.17) is 22.1 Å². The minimum Gasteiger partial charge on any atom is -0.464 e. The third-order valence-corrected chi connectivity index (χ3v) is 2.83. The zero-order valence-corrected chi connectivity index (χ0v) is 10.6. The average molecular weight is 265 g/mol. The van der Waals surface area contributed by atoms with E-state index in [2.05, 4.69) is 0 Å². The number of aromatic nitrogens is 1. The van der Waals surface area contributed by atoms with Crippen LogP contribution >= 0.6 is 11.6 Å². The molecule has 94 valence electrons. The Labute approximate surface area is 110 Å². The van der Waals surface area contributed by atoms with E-state index in [-0.39, 0.29) is 0 Å². The Kier molecular flexibility index (Phi) is 3.58. The lowest BCUT2D eigenvalue weighted by atomic mass is 10.2. The van der Waals surface area contributed by atoms with Crippen LogP contribution in [0.3, 0.4) is 0 Å². The number of nitrogen functional groups attached to an aromatic ring is 1. The molecule has 4 nitrogen and oxygen atoms in total. The zero-order valence-electron chi connectivity index (χ0n) is 9.89. The van der Waals surface area contributed by atoms with Crippen molar-refractivity contribution in [3.63, 3.8) is 0 Å². The van der Waals surface area contributed by atoms with Crippen LogP contribution in [0, 0.1) is 0 Å². The summed E-state index contributed by atoms with van der Waals surface area (Å²) in [6.45, 7) is 0.540. The predicted octanol–water partition coefficient (Wildman–Crippen LogP) is 2.56. The van der Waals surface area contributed by atoms with Gasteiger partial charge in [0.15, 0.2) is 0 Å². The number of halogens is 1. The highest BCUT2D eigenvalue weighted by atomic mass is 35.5. The number of nitrogens with zero attached hydrogens (tertiary/aromatic N) is 1. The zero-order chi connectivity index (χ0) is 13.1. The van der Waals surface area contributed by atoms with Crippen LogP contribution in [-0.4, -0.2) is 17.6 Å². The molecule has 2 aromatic rings. The Hall–Kier alpha value is -1.94. The number of esters is 1. The number of hydrogen-bond acceptors (Lipinski definition) is 3. The van der Waals surface area contributed by atoms with E-state index >= 15 is 0 Å². The van der Waals surface area contributed by atoms with Gasteiger partial charge in [-0.1, -0.05) is 23.7 Å². The molecule has 1 aromatic heterocycles. The lowest BCUT2D eigenvalue weighted by Crippen LogP contribution is -2.10. The second kappa shape index (κ2) is 5.14. The third-order valence-electron chi connectivity index (χ3n) is 2.58. The van der Waals surface area contributed by atoms with Gasteiger partial charge in [-0.3, -0.25) is 0 Å². The number of carbonyl (C=O) groups is 1. The van der Waals surface area contributed by atoms with Crippen molar-refractivity contribution in [2.24, 2.45) is 0 Å². The number of ether oxygens (including phenoxy) is 1. The van der Waals surface area contributed by atoms with Crippen molar-refractivity contribution in [1.29, 1.82) is 0 Å². The summed E-state index contributed by atoms with van der Waals surface area (Å²) in [5.74, 6) is -0.402. The SMILES string of the molecule is COC(=O)c1cc(N)cn1Cc1ccc(Cl)cc1. The van der Waals surface area contributed by atoms with E-state index in [9.17, 15) is 4.79 Å². The first-order chi connectivity index (χ1) is 8.60. The van der Waals surface area contributed by atoms with Crippen LogP contribution in [0.15, 0.2) is 36.5 Å². The number of nitrogens with two attached hydrogens (primary N) is 1. The van der Waals surface area contributed by atoms with Crippen molar-refractivity contribution in [2.75, 3.05) is 12.8 Å². The molecule has 18 heavy (non-hydrogen) atoms. The van der Waals surface area contributed by atoms with Gasteiger partial charge in [0.05, 0.1) is 12.8 Å². The summed E-state index contributed by atoms with van der Waals surface area (Å²) in [6.07, 6.45) is 1.71. The van der Waals surface area contributed by atoms with Crippen LogP contribution in [0.1, 0.15) is 16.1 Å². The summed E-state index contributed by atoms with van der Waals surface area (Å²) in [7, 11) is 1.35. The van der Waals surface area contributed by atoms with E-state index in [1.54, 1.807) is 16.8 Å². The summed E-state index contributed by atoms with van der Waals surface area (Å²) in [5, 5.41) is 0.680. The Morgan fingerprint density at radius 2 is 2.06 bits per heavy atom. The van der Waals surface area contributed by atoms with E-state index in [0.29, 0.717) is 22.9 Å². The summed E-state index contributed by atoms with van der Waals surface area (Å²) in [4.78, 5) is 11.6. The maximum absolute atomic E-state index is 11.6. The van der Waals surface area contributed by atoms with Crippen molar-refractivity contribution in [3.05, 3.63) is 52.8 Å². The molecule has 0 atom stereocenters. The van der Waals surface area contributed by atoms with Crippen LogP contribution in [0.25, 0.3) is 0 Å². The minimum absolute atomic E-state index is 0.402. The standard InChI is InChI=1S/C13H13ClN2O2/c1-18-13(17)12-6-11(15)8-16(12)7-9-2-4-10(14)5-3-9/h2-6,8H,7,15H2,1H3. The largest absolute Gasteiger partial charge is 0.464 e. The Morgan fingerprint density at radius 1 is 1.39 bits per heavy atom. The van der Waals surface area contributed by atoms with Crippen LogP contribution in [0.5, 0.6) is 0 Å². The molecule has 5 heteroatoms. The van der Waals surface area contributed by atoms with Gasteiger partial charge in [0, 0.05) is 17.8 Å². The molecule has 0 aliphatic carbocycles. The van der Waals surface area contributed by atoms with E-state index in [1.807, 2.05) is 24.3 Å². The van der Waals surface area contributed by atoms with Gasteiger partial charge in [-0.2, -0.15) is 0 Å². The molecular weight excluding hydrogens is 252 g/mol. The highest BCUT2D eigenvalue weighted by Gasteiger charge is 2.13. The van der Waals surface area contributed by atoms with Crippen LogP contribution < -0.4 is 5.73 Å². The van der Waals surface area contributed by atoms with Crippen LogP contribution in [0.4, 0.5) is 5.69 Å². The van der Waals surface area contributed by atoms with Gasteiger partial charge in [-0.15, -0.1) is 0 Å². The van der Waals surface area contributed by atoms with Crippen molar-refractivity contribution in [1.82, 2.24) is 4.57 Å². The Bertz CT molecular complexity index is 561. The molecule has 0 spiro atoms. The maximum Gasteiger partial charge on any atom is 0.354 e. The number of benzene rings is 1. The fraction of sp³-hybridized carbons (Fsp3) is 0.154. The van der Waals surface area contributed by atoms with Crippen molar-refractivity contribution in [2.45, 2.75) is 6.54 Å². The number of rotatable bonds is 3. The molecule has 0 radical (unpaired) electrons. The fourth-order valence-corrected chi connectivity index (χ4v) is 1.85. The number of hydrogen-bond donors (Lipinski definition) is 1. The summed E-state index contributed by atoms with van der Waals surface area (Å²) < 4.78 is 6.47. The molecule has 0 saturated carbocycles. The van der Waals surface area contributed by atoms with Crippen molar-refractivity contribution in [3.8, 4) is 0 Å². The smallest absolute Gasteiger partial charge is 0.354 e. The summed E-state index contributed by atoms with van der Waals surface area (Å²) in [5.41, 5.74) is 7.69. The highest BCUT2D eigenvalue weighted by molar-refractivity contribution is 6.30. The molecule has 0 saturated heterocycles. The molecular formula is C13H13ClN2O2. The van der Waals surface area contributed by atoms with Gasteiger partial charge in [-0.05, 0) is 23.8 Å². The molecule has 1 aromatic carbocycles. The molecule has 1 heterocycles. The highest BCUT2D eigenvalue weighted by Crippen LogP contribution is 2.16. The second-order valence-electron chi connectivity index (χ2n) is 3.90. The van der Waals surface area contributed by atoms with Gasteiger partial charge in [-0.25, -0.2) is 4.79 Å². The topological polar surface area (TPSA) is 57.2 Å². The van der Waals surface area contributed by atoms with Gasteiger partial charge < -0.3 is 15.0 Å². The van der Waals surface area contributed by atoms with E-state index in [1.165, 1.54) is 7.11 Å². The maximum atomic E-state index is 11.6. The van der Waals surface area contributed by atoms with Gasteiger partial charge in [0.25, 0.3) is 0 Å². The Balaban J connectivity index is 2.28. The van der Waals surface area contributed by atoms with Crippen LogP contribution in [0.2, 0.25) is 5.02 Å². The van der Waals surface area contributed by atoms with Crippen LogP contribution in [-0.2, 0) is 11.3 Å². The quantitative estimate of drug-likeness (QED) is 0.867. The van der Waals surface area contributed by atoms with Crippen molar-refractivity contribution < 1.29 is 9.53 Å². The summed E-state index contributed by atoms with van der Waals surface area (Å²) in [6, 6.07) is 9.02. The lowest BCUT2D eigenvalue weighted by molar-refractivity contribution is 0.0589. The normalized spacial score (nSPS) is 10.3. The molecule has 0 amide bonds.